The molecule has 1 aromatic carbocycles. The van der Waals surface area contributed by atoms with Crippen molar-refractivity contribution in [2.45, 2.75) is 26.2 Å². The summed E-state index contributed by atoms with van der Waals surface area (Å²) in [7, 11) is 0. The first kappa shape index (κ1) is 13.0. The van der Waals surface area contributed by atoms with E-state index in [1.54, 1.807) is 18.3 Å². The van der Waals surface area contributed by atoms with Crippen molar-refractivity contribution in [2.24, 2.45) is 0 Å². The van der Waals surface area contributed by atoms with E-state index in [1.165, 1.54) is 12.1 Å². The van der Waals surface area contributed by atoms with Gasteiger partial charge in [-0.15, -0.1) is 0 Å². The second kappa shape index (κ2) is 4.69. The standard InChI is InChI=1S/C15H15ClFN/c1-15(2,3)13-12(16)7-8-18-14(13)10-5-4-6-11(17)9-10/h4-9H,1-3H3. The second-order valence-electron chi connectivity index (χ2n) is 5.28. The third-order valence-corrected chi connectivity index (χ3v) is 3.06. The lowest BCUT2D eigenvalue weighted by Gasteiger charge is -2.23. The molecule has 0 saturated heterocycles. The van der Waals surface area contributed by atoms with Crippen molar-refractivity contribution in [3.05, 3.63) is 52.9 Å². The van der Waals surface area contributed by atoms with Crippen molar-refractivity contribution in [3.8, 4) is 11.3 Å². The van der Waals surface area contributed by atoms with Crippen LogP contribution in [0.2, 0.25) is 5.02 Å². The lowest BCUT2D eigenvalue weighted by atomic mass is 9.84. The molecule has 1 heterocycles. The SMILES string of the molecule is CC(C)(C)c1c(Cl)ccnc1-c1cccc(F)c1. The van der Waals surface area contributed by atoms with Gasteiger partial charge < -0.3 is 0 Å². The van der Waals surface area contributed by atoms with Gasteiger partial charge in [0.2, 0.25) is 0 Å². The maximum atomic E-state index is 13.3. The van der Waals surface area contributed by atoms with Crippen LogP contribution in [-0.2, 0) is 5.41 Å². The number of aromatic nitrogens is 1. The molecule has 0 atom stereocenters. The van der Waals surface area contributed by atoms with Gasteiger partial charge in [-0.3, -0.25) is 4.98 Å². The van der Waals surface area contributed by atoms with Crippen LogP contribution in [0.5, 0.6) is 0 Å². The molecule has 0 unspecified atom stereocenters. The van der Waals surface area contributed by atoms with Crippen molar-refractivity contribution in [1.82, 2.24) is 4.98 Å². The summed E-state index contributed by atoms with van der Waals surface area (Å²) >= 11 is 6.27. The van der Waals surface area contributed by atoms with E-state index >= 15 is 0 Å². The van der Waals surface area contributed by atoms with Crippen LogP contribution in [0.3, 0.4) is 0 Å². The van der Waals surface area contributed by atoms with Gasteiger partial charge in [0, 0.05) is 22.3 Å². The molecule has 18 heavy (non-hydrogen) atoms. The molecule has 2 aromatic rings. The zero-order valence-corrected chi connectivity index (χ0v) is 11.4. The highest BCUT2D eigenvalue weighted by Crippen LogP contribution is 2.36. The first-order valence-electron chi connectivity index (χ1n) is 5.80. The van der Waals surface area contributed by atoms with Gasteiger partial charge in [-0.05, 0) is 23.6 Å². The van der Waals surface area contributed by atoms with E-state index in [0.717, 1.165) is 16.8 Å². The maximum Gasteiger partial charge on any atom is 0.123 e. The molecule has 94 valence electrons. The van der Waals surface area contributed by atoms with Gasteiger partial charge in [0.1, 0.15) is 5.82 Å². The molecule has 3 heteroatoms. The van der Waals surface area contributed by atoms with E-state index < -0.39 is 0 Å². The highest BCUT2D eigenvalue weighted by atomic mass is 35.5. The molecule has 0 fully saturated rings. The summed E-state index contributed by atoms with van der Waals surface area (Å²) in [5, 5.41) is 0.664. The van der Waals surface area contributed by atoms with Crippen LogP contribution in [0.4, 0.5) is 4.39 Å². The average Bonchev–Trinajstić information content (AvgIpc) is 2.27. The Morgan fingerprint density at radius 2 is 1.89 bits per heavy atom. The number of rotatable bonds is 1. The third-order valence-electron chi connectivity index (χ3n) is 2.75. The second-order valence-corrected chi connectivity index (χ2v) is 5.68. The summed E-state index contributed by atoms with van der Waals surface area (Å²) in [6.45, 7) is 6.20. The number of pyridine rings is 1. The number of nitrogens with zero attached hydrogens (tertiary/aromatic N) is 1. The fourth-order valence-electron chi connectivity index (χ4n) is 2.01. The quantitative estimate of drug-likeness (QED) is 0.717. The summed E-state index contributed by atoms with van der Waals surface area (Å²) in [6.07, 6.45) is 1.65. The number of halogens is 2. The fraction of sp³-hybridized carbons (Fsp3) is 0.267. The summed E-state index contributed by atoms with van der Waals surface area (Å²) in [6, 6.07) is 8.19. The largest absolute Gasteiger partial charge is 0.256 e. The van der Waals surface area contributed by atoms with Crippen LogP contribution < -0.4 is 0 Å². The zero-order valence-electron chi connectivity index (χ0n) is 10.7. The minimum absolute atomic E-state index is 0.146. The van der Waals surface area contributed by atoms with Gasteiger partial charge in [0.05, 0.1) is 5.69 Å². The van der Waals surface area contributed by atoms with Gasteiger partial charge in [0.15, 0.2) is 0 Å². The first-order valence-corrected chi connectivity index (χ1v) is 6.18. The average molecular weight is 264 g/mol. The van der Waals surface area contributed by atoms with E-state index in [1.807, 2.05) is 6.07 Å². The van der Waals surface area contributed by atoms with Crippen LogP contribution in [0.25, 0.3) is 11.3 Å². The van der Waals surface area contributed by atoms with E-state index in [9.17, 15) is 4.39 Å². The molecular weight excluding hydrogens is 249 g/mol. The van der Waals surface area contributed by atoms with E-state index in [-0.39, 0.29) is 11.2 Å². The highest BCUT2D eigenvalue weighted by molar-refractivity contribution is 6.31. The lowest BCUT2D eigenvalue weighted by molar-refractivity contribution is 0.589. The molecule has 0 aliphatic heterocycles. The number of hydrogen-bond donors (Lipinski definition) is 0. The normalized spacial score (nSPS) is 11.6. The molecule has 1 nitrogen and oxygen atoms in total. The van der Waals surface area contributed by atoms with E-state index in [4.69, 9.17) is 11.6 Å². The Morgan fingerprint density at radius 1 is 1.17 bits per heavy atom. The van der Waals surface area contributed by atoms with Crippen molar-refractivity contribution >= 4 is 11.6 Å². The Balaban J connectivity index is 2.69. The monoisotopic (exact) mass is 263 g/mol. The van der Waals surface area contributed by atoms with Gasteiger partial charge in [0.25, 0.3) is 0 Å². The molecule has 2 rings (SSSR count). The molecule has 0 aliphatic rings. The van der Waals surface area contributed by atoms with Crippen LogP contribution in [-0.4, -0.2) is 4.98 Å². The summed E-state index contributed by atoms with van der Waals surface area (Å²) < 4.78 is 13.3. The van der Waals surface area contributed by atoms with Crippen molar-refractivity contribution < 1.29 is 4.39 Å². The maximum absolute atomic E-state index is 13.3. The molecule has 1 aromatic heterocycles. The van der Waals surface area contributed by atoms with Crippen LogP contribution in [0.15, 0.2) is 36.5 Å². The Labute approximate surface area is 112 Å². The van der Waals surface area contributed by atoms with Gasteiger partial charge >= 0.3 is 0 Å². The molecule has 0 saturated carbocycles. The Hall–Kier alpha value is -1.41. The fourth-order valence-corrected chi connectivity index (χ4v) is 2.44. The van der Waals surface area contributed by atoms with Crippen molar-refractivity contribution in [2.75, 3.05) is 0 Å². The molecule has 0 spiro atoms. The Morgan fingerprint density at radius 3 is 2.50 bits per heavy atom. The molecule has 0 N–H and O–H groups in total. The number of hydrogen-bond acceptors (Lipinski definition) is 1. The first-order chi connectivity index (χ1) is 8.39. The summed E-state index contributed by atoms with van der Waals surface area (Å²) in [5.41, 5.74) is 2.29. The van der Waals surface area contributed by atoms with Gasteiger partial charge in [-0.2, -0.15) is 0 Å². The van der Waals surface area contributed by atoms with Crippen LogP contribution >= 0.6 is 11.6 Å². The predicted molar refractivity (Wildman–Crippen MR) is 73.3 cm³/mol. The van der Waals surface area contributed by atoms with E-state index in [2.05, 4.69) is 25.8 Å². The van der Waals surface area contributed by atoms with Gasteiger partial charge in [-0.25, -0.2) is 4.39 Å². The lowest BCUT2D eigenvalue weighted by Crippen LogP contribution is -2.14. The molecule has 0 bridgehead atoms. The molecule has 0 amide bonds. The molecule has 0 aliphatic carbocycles. The van der Waals surface area contributed by atoms with Gasteiger partial charge in [-0.1, -0.05) is 44.5 Å². The highest BCUT2D eigenvalue weighted by Gasteiger charge is 2.23. The minimum atomic E-state index is -0.269. The zero-order chi connectivity index (χ0) is 13.3. The summed E-state index contributed by atoms with van der Waals surface area (Å²) in [4.78, 5) is 4.37. The smallest absolute Gasteiger partial charge is 0.123 e. The van der Waals surface area contributed by atoms with Crippen LogP contribution in [0.1, 0.15) is 26.3 Å². The van der Waals surface area contributed by atoms with Crippen molar-refractivity contribution in [1.29, 1.82) is 0 Å². The predicted octanol–water partition coefficient (Wildman–Crippen LogP) is 4.84. The van der Waals surface area contributed by atoms with Crippen molar-refractivity contribution in [3.63, 3.8) is 0 Å². The topological polar surface area (TPSA) is 12.9 Å². The minimum Gasteiger partial charge on any atom is -0.256 e. The Bertz CT molecular complexity index is 573. The molecular formula is C15H15ClFN. The molecule has 0 radical (unpaired) electrons. The van der Waals surface area contributed by atoms with E-state index in [0.29, 0.717) is 5.02 Å². The summed E-state index contributed by atoms with van der Waals surface area (Å²) in [5.74, 6) is -0.269. The Kier molecular flexibility index (Phi) is 3.40. The van der Waals surface area contributed by atoms with Crippen LogP contribution in [0, 0.1) is 5.82 Å². The number of benzene rings is 1. The third kappa shape index (κ3) is 2.54.